The van der Waals surface area contributed by atoms with Crippen LogP contribution in [0.5, 0.6) is 0 Å². The summed E-state index contributed by atoms with van der Waals surface area (Å²) in [6, 6.07) is 10.7. The third-order valence-corrected chi connectivity index (χ3v) is 6.47. The van der Waals surface area contributed by atoms with Gasteiger partial charge >= 0.3 is 0 Å². The number of aryl methyl sites for hydroxylation is 1. The van der Waals surface area contributed by atoms with Crippen LogP contribution in [0.25, 0.3) is 22.0 Å². The summed E-state index contributed by atoms with van der Waals surface area (Å²) in [7, 11) is 1.87. The van der Waals surface area contributed by atoms with Gasteiger partial charge in [0.05, 0.1) is 22.7 Å². The minimum atomic E-state index is -0.980. The Labute approximate surface area is 191 Å². The summed E-state index contributed by atoms with van der Waals surface area (Å²) in [5.74, 6) is -2.28. The van der Waals surface area contributed by atoms with Crippen molar-refractivity contribution in [3.63, 3.8) is 0 Å². The molecule has 0 aliphatic heterocycles. The Hall–Kier alpha value is -3.48. The van der Waals surface area contributed by atoms with Gasteiger partial charge in [0.2, 0.25) is 0 Å². The highest BCUT2D eigenvalue weighted by Gasteiger charge is 2.23. The first-order chi connectivity index (χ1) is 16.0. The molecule has 0 radical (unpaired) electrons. The van der Waals surface area contributed by atoms with Crippen molar-refractivity contribution in [3.8, 4) is 11.1 Å². The number of benzene rings is 2. The first-order valence-electron chi connectivity index (χ1n) is 11.4. The normalized spacial score (nSPS) is 14.6. The standard InChI is InChI=1S/C26H26F2N4O/c1-31-15-19(13-29-31)18-9-7-17(8-10-18)14-32-16-21(24-23(32)12-11-22(27)25(24)28)26(33)30-20-5-3-2-4-6-20/h7-13,15-16,20H,2-6,14H2,1H3,(H,30,33). The van der Waals surface area contributed by atoms with Gasteiger partial charge in [-0.25, -0.2) is 8.78 Å². The zero-order valence-corrected chi connectivity index (χ0v) is 18.5. The maximum Gasteiger partial charge on any atom is 0.253 e. The Morgan fingerprint density at radius 2 is 1.79 bits per heavy atom. The van der Waals surface area contributed by atoms with Gasteiger partial charge in [0.25, 0.3) is 5.91 Å². The molecule has 1 N–H and O–H groups in total. The van der Waals surface area contributed by atoms with Crippen molar-refractivity contribution in [2.75, 3.05) is 0 Å². The van der Waals surface area contributed by atoms with E-state index in [0.29, 0.717) is 12.1 Å². The number of amides is 1. The molecule has 1 aliphatic carbocycles. The SMILES string of the molecule is Cn1cc(-c2ccc(Cn3cc(C(=O)NC4CCCCC4)c4c(F)c(F)ccc43)cc2)cn1. The van der Waals surface area contributed by atoms with Crippen LogP contribution in [0.2, 0.25) is 0 Å². The topological polar surface area (TPSA) is 51.9 Å². The molecule has 0 spiro atoms. The number of nitrogens with one attached hydrogen (secondary N) is 1. The quantitative estimate of drug-likeness (QED) is 0.443. The second kappa shape index (κ2) is 8.81. The van der Waals surface area contributed by atoms with Crippen LogP contribution in [0.1, 0.15) is 48.0 Å². The number of halogens is 2. The highest BCUT2D eigenvalue weighted by atomic mass is 19.2. The molecule has 4 aromatic rings. The van der Waals surface area contributed by atoms with Crippen LogP contribution < -0.4 is 5.32 Å². The molecular formula is C26H26F2N4O. The molecule has 0 bridgehead atoms. The molecule has 2 aromatic carbocycles. The molecule has 0 unspecified atom stereocenters. The van der Waals surface area contributed by atoms with Gasteiger partial charge in [0, 0.05) is 37.6 Å². The van der Waals surface area contributed by atoms with Crippen LogP contribution in [-0.2, 0) is 13.6 Å². The second-order valence-electron chi connectivity index (χ2n) is 8.83. The lowest BCUT2D eigenvalue weighted by Crippen LogP contribution is -2.36. The van der Waals surface area contributed by atoms with E-state index in [0.717, 1.165) is 48.4 Å². The molecule has 1 fully saturated rings. The van der Waals surface area contributed by atoms with Crippen LogP contribution in [0, 0.1) is 11.6 Å². The lowest BCUT2D eigenvalue weighted by atomic mass is 9.95. The van der Waals surface area contributed by atoms with Crippen molar-refractivity contribution in [1.29, 1.82) is 0 Å². The van der Waals surface area contributed by atoms with Crippen molar-refractivity contribution in [3.05, 3.63) is 77.8 Å². The Bertz CT molecular complexity index is 1300. The number of hydrogen-bond acceptors (Lipinski definition) is 2. The highest BCUT2D eigenvalue weighted by Crippen LogP contribution is 2.28. The molecule has 7 heteroatoms. The Morgan fingerprint density at radius 3 is 2.48 bits per heavy atom. The third-order valence-electron chi connectivity index (χ3n) is 6.47. The number of rotatable bonds is 5. The number of hydrogen-bond donors (Lipinski definition) is 1. The van der Waals surface area contributed by atoms with E-state index in [1.165, 1.54) is 12.5 Å². The fraction of sp³-hybridized carbons (Fsp3) is 0.308. The first-order valence-corrected chi connectivity index (χ1v) is 11.4. The van der Waals surface area contributed by atoms with Crippen LogP contribution in [0.15, 0.2) is 55.0 Å². The Morgan fingerprint density at radius 1 is 1.03 bits per heavy atom. The summed E-state index contributed by atoms with van der Waals surface area (Å²) in [4.78, 5) is 13.0. The molecule has 1 aliphatic rings. The number of carbonyl (C=O) groups excluding carboxylic acids is 1. The molecule has 2 heterocycles. The van der Waals surface area contributed by atoms with E-state index in [9.17, 15) is 13.6 Å². The molecule has 0 saturated heterocycles. The minimum absolute atomic E-state index is 0.0373. The lowest BCUT2D eigenvalue weighted by molar-refractivity contribution is 0.0929. The predicted molar refractivity (Wildman–Crippen MR) is 124 cm³/mol. The Kier molecular flexibility index (Phi) is 5.70. The van der Waals surface area contributed by atoms with Crippen molar-refractivity contribution in [2.24, 2.45) is 7.05 Å². The highest BCUT2D eigenvalue weighted by molar-refractivity contribution is 6.07. The number of carbonyl (C=O) groups is 1. The monoisotopic (exact) mass is 448 g/mol. The molecule has 170 valence electrons. The zero-order valence-electron chi connectivity index (χ0n) is 18.5. The van der Waals surface area contributed by atoms with Gasteiger partial charge in [-0.3, -0.25) is 9.48 Å². The van der Waals surface area contributed by atoms with Crippen molar-refractivity contribution in [1.82, 2.24) is 19.7 Å². The van der Waals surface area contributed by atoms with E-state index in [4.69, 9.17) is 0 Å². The zero-order chi connectivity index (χ0) is 22.9. The van der Waals surface area contributed by atoms with E-state index in [-0.39, 0.29) is 22.9 Å². The fourth-order valence-corrected chi connectivity index (χ4v) is 4.71. The molecule has 1 saturated carbocycles. The summed E-state index contributed by atoms with van der Waals surface area (Å²) >= 11 is 0. The van der Waals surface area contributed by atoms with Crippen LogP contribution in [-0.4, -0.2) is 26.3 Å². The summed E-state index contributed by atoms with van der Waals surface area (Å²) in [5, 5.41) is 7.27. The average Bonchev–Trinajstić information content (AvgIpc) is 3.42. The minimum Gasteiger partial charge on any atom is -0.349 e. The molecule has 5 rings (SSSR count). The van der Waals surface area contributed by atoms with E-state index < -0.39 is 11.6 Å². The van der Waals surface area contributed by atoms with Gasteiger partial charge in [0.15, 0.2) is 11.6 Å². The molecule has 5 nitrogen and oxygen atoms in total. The van der Waals surface area contributed by atoms with E-state index in [1.807, 2.05) is 48.3 Å². The van der Waals surface area contributed by atoms with Crippen molar-refractivity contribution < 1.29 is 13.6 Å². The third kappa shape index (κ3) is 4.27. The maximum absolute atomic E-state index is 14.8. The van der Waals surface area contributed by atoms with Crippen LogP contribution >= 0.6 is 0 Å². The van der Waals surface area contributed by atoms with Crippen LogP contribution in [0.3, 0.4) is 0 Å². The number of aromatic nitrogens is 3. The molecule has 1 amide bonds. The van der Waals surface area contributed by atoms with Crippen molar-refractivity contribution >= 4 is 16.8 Å². The average molecular weight is 449 g/mol. The van der Waals surface area contributed by atoms with Crippen molar-refractivity contribution in [2.45, 2.75) is 44.7 Å². The van der Waals surface area contributed by atoms with Gasteiger partial charge in [0.1, 0.15) is 0 Å². The van der Waals surface area contributed by atoms with Gasteiger partial charge in [-0.2, -0.15) is 5.10 Å². The smallest absolute Gasteiger partial charge is 0.253 e. The molecule has 0 atom stereocenters. The van der Waals surface area contributed by atoms with Crippen LogP contribution in [0.4, 0.5) is 8.78 Å². The van der Waals surface area contributed by atoms with Gasteiger partial charge in [-0.15, -0.1) is 0 Å². The second-order valence-corrected chi connectivity index (χ2v) is 8.83. The van der Waals surface area contributed by atoms with Gasteiger partial charge in [-0.05, 0) is 36.1 Å². The summed E-state index contributed by atoms with van der Waals surface area (Å²) < 4.78 is 32.5. The summed E-state index contributed by atoms with van der Waals surface area (Å²) in [6.45, 7) is 0.436. The van der Waals surface area contributed by atoms with E-state index in [1.54, 1.807) is 10.9 Å². The van der Waals surface area contributed by atoms with E-state index >= 15 is 0 Å². The predicted octanol–water partition coefficient (Wildman–Crippen LogP) is 5.43. The summed E-state index contributed by atoms with van der Waals surface area (Å²) in [5.41, 5.74) is 3.74. The van der Waals surface area contributed by atoms with Gasteiger partial charge in [-0.1, -0.05) is 43.5 Å². The maximum atomic E-state index is 14.8. The largest absolute Gasteiger partial charge is 0.349 e. The Balaban J connectivity index is 1.45. The molecule has 2 aromatic heterocycles. The molecular weight excluding hydrogens is 422 g/mol. The fourth-order valence-electron chi connectivity index (χ4n) is 4.71. The van der Waals surface area contributed by atoms with E-state index in [2.05, 4.69) is 10.4 Å². The van der Waals surface area contributed by atoms with Gasteiger partial charge < -0.3 is 9.88 Å². The number of fused-ring (bicyclic) bond motifs is 1. The lowest BCUT2D eigenvalue weighted by Gasteiger charge is -2.22. The first kappa shape index (κ1) is 21.4. The molecule has 33 heavy (non-hydrogen) atoms. The number of nitrogens with zero attached hydrogens (tertiary/aromatic N) is 3. The summed E-state index contributed by atoms with van der Waals surface area (Å²) in [6.07, 6.45) is 10.6.